The molecule has 6 nitrogen and oxygen atoms in total. The Morgan fingerprint density at radius 2 is 2.00 bits per heavy atom. The number of ether oxygens (including phenoxy) is 1. The summed E-state index contributed by atoms with van der Waals surface area (Å²) < 4.78 is 7.60. The molecular formula is C21H20Cl2N4O2S. The maximum absolute atomic E-state index is 12.2. The van der Waals surface area contributed by atoms with Gasteiger partial charge in [-0.2, -0.15) is 0 Å². The van der Waals surface area contributed by atoms with Crippen LogP contribution in [-0.4, -0.2) is 26.4 Å². The molecule has 156 valence electrons. The molecule has 0 radical (unpaired) electrons. The third-order valence-corrected chi connectivity index (χ3v) is 5.53. The molecule has 0 saturated carbocycles. The van der Waals surface area contributed by atoms with Gasteiger partial charge >= 0.3 is 0 Å². The van der Waals surface area contributed by atoms with E-state index in [0.717, 1.165) is 5.56 Å². The van der Waals surface area contributed by atoms with Crippen molar-refractivity contribution in [3.05, 3.63) is 82.6 Å². The molecule has 1 aromatic heterocycles. The van der Waals surface area contributed by atoms with Crippen LogP contribution in [0.3, 0.4) is 0 Å². The lowest BCUT2D eigenvalue weighted by Gasteiger charge is -2.10. The summed E-state index contributed by atoms with van der Waals surface area (Å²) in [6.07, 6.45) is 1.73. The average molecular weight is 463 g/mol. The van der Waals surface area contributed by atoms with Crippen molar-refractivity contribution in [3.8, 4) is 5.75 Å². The standard InChI is InChI=1S/C21H20Cl2N4O2S/c1-2-10-27-19(13-29-18-11-16(22)8-9-17(18)23)25-26-21(27)30-14-20(28)24-12-15-6-4-3-5-7-15/h2-9,11H,1,10,12-14H2,(H,24,28). The maximum atomic E-state index is 12.2. The first-order valence-electron chi connectivity index (χ1n) is 9.11. The molecule has 2 aromatic carbocycles. The molecule has 3 rings (SSSR count). The molecular weight excluding hydrogens is 443 g/mol. The summed E-state index contributed by atoms with van der Waals surface area (Å²) in [6.45, 7) is 4.90. The number of nitrogens with one attached hydrogen (secondary N) is 1. The van der Waals surface area contributed by atoms with Crippen molar-refractivity contribution in [1.29, 1.82) is 0 Å². The predicted molar refractivity (Wildman–Crippen MR) is 120 cm³/mol. The van der Waals surface area contributed by atoms with Crippen LogP contribution in [0.1, 0.15) is 11.4 Å². The van der Waals surface area contributed by atoms with Crippen LogP contribution in [0.15, 0.2) is 66.3 Å². The van der Waals surface area contributed by atoms with Crippen molar-refractivity contribution in [2.24, 2.45) is 0 Å². The SMILES string of the molecule is C=CCn1c(COc2cc(Cl)ccc2Cl)nnc1SCC(=O)NCc1ccccc1. The van der Waals surface area contributed by atoms with Crippen LogP contribution in [0.2, 0.25) is 10.0 Å². The zero-order valence-corrected chi connectivity index (χ0v) is 18.4. The number of carbonyl (C=O) groups is 1. The number of nitrogens with zero attached hydrogens (tertiary/aromatic N) is 3. The average Bonchev–Trinajstić information content (AvgIpc) is 3.14. The first kappa shape index (κ1) is 22.2. The first-order chi connectivity index (χ1) is 14.6. The molecule has 0 aliphatic rings. The number of hydrogen-bond acceptors (Lipinski definition) is 5. The van der Waals surface area contributed by atoms with Gasteiger partial charge in [0, 0.05) is 24.2 Å². The van der Waals surface area contributed by atoms with Crippen LogP contribution in [0, 0.1) is 0 Å². The number of benzene rings is 2. The Labute approximate surface area is 189 Å². The third kappa shape index (κ3) is 6.26. The highest BCUT2D eigenvalue weighted by Crippen LogP contribution is 2.28. The Kier molecular flexibility index (Phi) is 8.19. The second-order valence-corrected chi connectivity index (χ2v) is 8.00. The number of rotatable bonds is 10. The van der Waals surface area contributed by atoms with Gasteiger partial charge in [-0.05, 0) is 17.7 Å². The van der Waals surface area contributed by atoms with Crippen molar-refractivity contribution >= 4 is 40.9 Å². The van der Waals surface area contributed by atoms with Gasteiger partial charge in [-0.15, -0.1) is 16.8 Å². The topological polar surface area (TPSA) is 69.0 Å². The lowest BCUT2D eigenvalue weighted by atomic mass is 10.2. The molecule has 0 saturated heterocycles. The number of thioether (sulfide) groups is 1. The highest BCUT2D eigenvalue weighted by atomic mass is 35.5. The van der Waals surface area contributed by atoms with Gasteiger partial charge in [0.15, 0.2) is 11.0 Å². The monoisotopic (exact) mass is 462 g/mol. The van der Waals surface area contributed by atoms with E-state index in [1.165, 1.54) is 11.8 Å². The molecule has 1 heterocycles. The summed E-state index contributed by atoms with van der Waals surface area (Å²) in [6, 6.07) is 14.7. The van der Waals surface area contributed by atoms with Crippen LogP contribution >= 0.6 is 35.0 Å². The van der Waals surface area contributed by atoms with Gasteiger partial charge in [-0.25, -0.2) is 0 Å². The van der Waals surface area contributed by atoms with Gasteiger partial charge in [-0.3, -0.25) is 9.36 Å². The van der Waals surface area contributed by atoms with E-state index in [4.69, 9.17) is 27.9 Å². The van der Waals surface area contributed by atoms with E-state index in [0.29, 0.717) is 39.9 Å². The van der Waals surface area contributed by atoms with Crippen LogP contribution in [0.5, 0.6) is 5.75 Å². The van der Waals surface area contributed by atoms with E-state index in [-0.39, 0.29) is 18.3 Å². The lowest BCUT2D eigenvalue weighted by molar-refractivity contribution is -0.118. The van der Waals surface area contributed by atoms with E-state index in [2.05, 4.69) is 22.1 Å². The van der Waals surface area contributed by atoms with Crippen molar-refractivity contribution in [2.45, 2.75) is 24.9 Å². The second-order valence-electron chi connectivity index (χ2n) is 6.21. The van der Waals surface area contributed by atoms with Gasteiger partial charge in [0.2, 0.25) is 5.91 Å². The number of allylic oxidation sites excluding steroid dienone is 1. The molecule has 0 atom stereocenters. The van der Waals surface area contributed by atoms with Gasteiger partial charge in [0.25, 0.3) is 0 Å². The van der Waals surface area contributed by atoms with Crippen molar-refractivity contribution in [1.82, 2.24) is 20.1 Å². The Bertz CT molecular complexity index is 1010. The third-order valence-electron chi connectivity index (χ3n) is 4.02. The minimum atomic E-state index is -0.0829. The lowest BCUT2D eigenvalue weighted by Crippen LogP contribution is -2.24. The second kappa shape index (κ2) is 11.1. The highest BCUT2D eigenvalue weighted by molar-refractivity contribution is 7.99. The molecule has 30 heavy (non-hydrogen) atoms. The normalized spacial score (nSPS) is 10.6. The van der Waals surface area contributed by atoms with Gasteiger partial charge in [0.1, 0.15) is 12.4 Å². The van der Waals surface area contributed by atoms with E-state index < -0.39 is 0 Å². The fourth-order valence-electron chi connectivity index (χ4n) is 2.55. The van der Waals surface area contributed by atoms with E-state index in [1.807, 2.05) is 34.9 Å². The quantitative estimate of drug-likeness (QED) is 0.347. The molecule has 0 unspecified atom stereocenters. The number of hydrogen-bond donors (Lipinski definition) is 1. The molecule has 0 aliphatic heterocycles. The van der Waals surface area contributed by atoms with Crippen LogP contribution in [-0.2, 0) is 24.5 Å². The number of halogens is 2. The summed E-state index contributed by atoms with van der Waals surface area (Å²) in [5.74, 6) is 1.20. The summed E-state index contributed by atoms with van der Waals surface area (Å²) >= 11 is 13.4. The van der Waals surface area contributed by atoms with Crippen molar-refractivity contribution in [3.63, 3.8) is 0 Å². The maximum Gasteiger partial charge on any atom is 0.230 e. The molecule has 9 heteroatoms. The summed E-state index contributed by atoms with van der Waals surface area (Å²) in [5.41, 5.74) is 1.05. The fourth-order valence-corrected chi connectivity index (χ4v) is 3.68. The number of carbonyl (C=O) groups excluding carboxylic acids is 1. The highest BCUT2D eigenvalue weighted by Gasteiger charge is 2.15. The summed E-state index contributed by atoms with van der Waals surface area (Å²) in [5, 5.41) is 12.9. The van der Waals surface area contributed by atoms with Gasteiger partial charge in [-0.1, -0.05) is 71.4 Å². The molecule has 0 fully saturated rings. The molecule has 1 amide bonds. The van der Waals surface area contributed by atoms with Gasteiger partial charge in [0.05, 0.1) is 10.8 Å². The van der Waals surface area contributed by atoms with E-state index >= 15 is 0 Å². The Hall–Kier alpha value is -2.48. The van der Waals surface area contributed by atoms with Crippen molar-refractivity contribution in [2.75, 3.05) is 5.75 Å². The minimum absolute atomic E-state index is 0.0829. The Balaban J connectivity index is 1.58. The predicted octanol–water partition coefficient (Wildman–Crippen LogP) is 4.76. The minimum Gasteiger partial charge on any atom is -0.484 e. The fraction of sp³-hybridized carbons (Fsp3) is 0.190. The molecule has 3 aromatic rings. The molecule has 0 aliphatic carbocycles. The van der Waals surface area contributed by atoms with Gasteiger partial charge < -0.3 is 10.1 Å². The molecule has 0 spiro atoms. The van der Waals surface area contributed by atoms with Crippen LogP contribution < -0.4 is 10.1 Å². The van der Waals surface area contributed by atoms with Crippen LogP contribution in [0.25, 0.3) is 0 Å². The number of aromatic nitrogens is 3. The molecule has 0 bridgehead atoms. The zero-order valence-electron chi connectivity index (χ0n) is 16.1. The Morgan fingerprint density at radius 1 is 1.20 bits per heavy atom. The van der Waals surface area contributed by atoms with Crippen LogP contribution in [0.4, 0.5) is 0 Å². The zero-order chi connectivity index (χ0) is 21.3. The summed E-state index contributed by atoms with van der Waals surface area (Å²) in [4.78, 5) is 12.2. The Morgan fingerprint density at radius 3 is 2.77 bits per heavy atom. The largest absolute Gasteiger partial charge is 0.484 e. The smallest absolute Gasteiger partial charge is 0.230 e. The van der Waals surface area contributed by atoms with Crippen molar-refractivity contribution < 1.29 is 9.53 Å². The van der Waals surface area contributed by atoms with E-state index in [9.17, 15) is 4.79 Å². The first-order valence-corrected chi connectivity index (χ1v) is 10.8. The van der Waals surface area contributed by atoms with E-state index in [1.54, 1.807) is 24.3 Å². The number of amides is 1. The summed E-state index contributed by atoms with van der Waals surface area (Å²) in [7, 11) is 0. The molecule has 1 N–H and O–H groups in total.